The third kappa shape index (κ3) is 3.27. The van der Waals surface area contributed by atoms with Crippen molar-refractivity contribution in [2.75, 3.05) is 13.6 Å². The van der Waals surface area contributed by atoms with E-state index < -0.39 is 6.10 Å². The van der Waals surface area contributed by atoms with E-state index in [0.29, 0.717) is 6.54 Å². The number of benzene rings is 1. The minimum atomic E-state index is -0.433. The lowest BCUT2D eigenvalue weighted by Gasteiger charge is -2.20. The highest BCUT2D eigenvalue weighted by molar-refractivity contribution is 5.80. The Balaban J connectivity index is 2.56. The number of carbonyl (C=O) groups is 1. The van der Waals surface area contributed by atoms with Gasteiger partial charge in [-0.25, -0.2) is 0 Å². The normalized spacial score (nSPS) is 11.9. The van der Waals surface area contributed by atoms with Crippen molar-refractivity contribution < 1.29 is 9.53 Å². The first kappa shape index (κ1) is 11.6. The Hall–Kier alpha value is -1.51. The molecule has 1 unspecified atom stereocenters. The Kier molecular flexibility index (Phi) is 4.16. The molecule has 0 heterocycles. The summed E-state index contributed by atoms with van der Waals surface area (Å²) in [5.74, 6) is 0.726. The number of nitrogens with zero attached hydrogens (tertiary/aromatic N) is 1. The SMILES string of the molecule is CCN(C)C(=O)C(C)Oc1ccccc1. The number of para-hydroxylation sites is 1. The zero-order valence-corrected chi connectivity index (χ0v) is 9.43. The van der Waals surface area contributed by atoms with Crippen LogP contribution in [0, 0.1) is 0 Å². The second-order valence-electron chi connectivity index (χ2n) is 3.43. The van der Waals surface area contributed by atoms with E-state index in [9.17, 15) is 4.79 Å². The lowest BCUT2D eigenvalue weighted by Crippen LogP contribution is -2.37. The van der Waals surface area contributed by atoms with Gasteiger partial charge in [0.1, 0.15) is 5.75 Å². The third-order valence-corrected chi connectivity index (χ3v) is 2.25. The summed E-state index contributed by atoms with van der Waals surface area (Å²) in [5.41, 5.74) is 0. The molecule has 1 amide bonds. The highest BCUT2D eigenvalue weighted by Crippen LogP contribution is 2.11. The van der Waals surface area contributed by atoms with Crippen molar-refractivity contribution in [2.24, 2.45) is 0 Å². The van der Waals surface area contributed by atoms with Gasteiger partial charge in [0.2, 0.25) is 0 Å². The summed E-state index contributed by atoms with van der Waals surface area (Å²) in [6, 6.07) is 9.37. The van der Waals surface area contributed by atoms with Crippen LogP contribution < -0.4 is 4.74 Å². The van der Waals surface area contributed by atoms with Crippen molar-refractivity contribution in [1.29, 1.82) is 0 Å². The van der Waals surface area contributed by atoms with Gasteiger partial charge in [0.15, 0.2) is 6.10 Å². The van der Waals surface area contributed by atoms with Gasteiger partial charge < -0.3 is 9.64 Å². The molecule has 0 N–H and O–H groups in total. The first-order chi connectivity index (χ1) is 7.15. The summed E-state index contributed by atoms with van der Waals surface area (Å²) in [4.78, 5) is 13.3. The number of rotatable bonds is 4. The fourth-order valence-electron chi connectivity index (χ4n) is 1.22. The molecule has 0 aliphatic carbocycles. The van der Waals surface area contributed by atoms with Gasteiger partial charge in [-0.3, -0.25) is 4.79 Å². The largest absolute Gasteiger partial charge is 0.481 e. The second-order valence-corrected chi connectivity index (χ2v) is 3.43. The van der Waals surface area contributed by atoms with Crippen LogP contribution in [-0.4, -0.2) is 30.5 Å². The van der Waals surface area contributed by atoms with Gasteiger partial charge in [-0.15, -0.1) is 0 Å². The molecule has 0 radical (unpaired) electrons. The van der Waals surface area contributed by atoms with Crippen molar-refractivity contribution in [1.82, 2.24) is 4.90 Å². The number of ether oxygens (including phenoxy) is 1. The maximum Gasteiger partial charge on any atom is 0.263 e. The molecule has 1 atom stereocenters. The lowest BCUT2D eigenvalue weighted by atomic mass is 10.3. The van der Waals surface area contributed by atoms with Crippen molar-refractivity contribution in [2.45, 2.75) is 20.0 Å². The molecule has 1 aromatic rings. The van der Waals surface area contributed by atoms with E-state index in [1.54, 1.807) is 18.9 Å². The van der Waals surface area contributed by atoms with Crippen molar-refractivity contribution in [3.8, 4) is 5.75 Å². The molecule has 1 aromatic carbocycles. The maximum absolute atomic E-state index is 11.7. The number of amides is 1. The Morgan fingerprint density at radius 1 is 1.40 bits per heavy atom. The Morgan fingerprint density at radius 3 is 2.53 bits per heavy atom. The van der Waals surface area contributed by atoms with Crippen LogP contribution in [0.3, 0.4) is 0 Å². The van der Waals surface area contributed by atoms with Gasteiger partial charge in [0, 0.05) is 13.6 Å². The van der Waals surface area contributed by atoms with E-state index in [0.717, 1.165) is 5.75 Å². The first-order valence-corrected chi connectivity index (χ1v) is 5.11. The quantitative estimate of drug-likeness (QED) is 0.755. The zero-order chi connectivity index (χ0) is 11.3. The molecule has 0 aliphatic heterocycles. The second kappa shape index (κ2) is 5.39. The van der Waals surface area contributed by atoms with E-state index in [2.05, 4.69) is 0 Å². The van der Waals surface area contributed by atoms with E-state index in [4.69, 9.17) is 4.74 Å². The van der Waals surface area contributed by atoms with Crippen LogP contribution in [0.5, 0.6) is 5.75 Å². The molecular formula is C12H17NO2. The molecule has 0 saturated heterocycles. The average Bonchev–Trinajstić information content (AvgIpc) is 2.28. The Morgan fingerprint density at radius 2 is 2.00 bits per heavy atom. The molecule has 0 spiro atoms. The maximum atomic E-state index is 11.7. The lowest BCUT2D eigenvalue weighted by molar-refractivity contribution is -0.136. The Labute approximate surface area is 90.7 Å². The van der Waals surface area contributed by atoms with Gasteiger partial charge in [-0.1, -0.05) is 18.2 Å². The minimum Gasteiger partial charge on any atom is -0.481 e. The van der Waals surface area contributed by atoms with Crippen LogP contribution in [0.1, 0.15) is 13.8 Å². The van der Waals surface area contributed by atoms with Crippen molar-refractivity contribution in [3.63, 3.8) is 0 Å². The molecule has 0 aliphatic rings. The smallest absolute Gasteiger partial charge is 0.263 e. The van der Waals surface area contributed by atoms with Gasteiger partial charge in [0.05, 0.1) is 0 Å². The van der Waals surface area contributed by atoms with Gasteiger partial charge in [-0.05, 0) is 26.0 Å². The molecule has 82 valence electrons. The molecule has 3 heteroatoms. The van der Waals surface area contributed by atoms with Crippen LogP contribution >= 0.6 is 0 Å². The fourth-order valence-corrected chi connectivity index (χ4v) is 1.22. The molecule has 0 aromatic heterocycles. The molecule has 3 nitrogen and oxygen atoms in total. The molecule has 0 fully saturated rings. The number of hydrogen-bond acceptors (Lipinski definition) is 2. The summed E-state index contributed by atoms with van der Waals surface area (Å²) in [7, 11) is 1.77. The molecule has 1 rings (SSSR count). The van der Waals surface area contributed by atoms with Crippen LogP contribution in [0.4, 0.5) is 0 Å². The average molecular weight is 207 g/mol. The third-order valence-electron chi connectivity index (χ3n) is 2.25. The standard InChI is InChI=1S/C12H17NO2/c1-4-13(3)12(14)10(2)15-11-8-6-5-7-9-11/h5-10H,4H2,1-3H3. The van der Waals surface area contributed by atoms with Gasteiger partial charge >= 0.3 is 0 Å². The zero-order valence-electron chi connectivity index (χ0n) is 9.43. The predicted octanol–water partition coefficient (Wildman–Crippen LogP) is 1.93. The van der Waals surface area contributed by atoms with E-state index in [1.807, 2.05) is 37.3 Å². The molecule has 0 saturated carbocycles. The predicted molar refractivity (Wildman–Crippen MR) is 59.8 cm³/mol. The highest BCUT2D eigenvalue weighted by atomic mass is 16.5. The summed E-state index contributed by atoms with van der Waals surface area (Å²) < 4.78 is 5.51. The molecular weight excluding hydrogens is 190 g/mol. The van der Waals surface area contributed by atoms with Gasteiger partial charge in [-0.2, -0.15) is 0 Å². The van der Waals surface area contributed by atoms with E-state index in [-0.39, 0.29) is 5.91 Å². The first-order valence-electron chi connectivity index (χ1n) is 5.11. The van der Waals surface area contributed by atoms with Crippen molar-refractivity contribution >= 4 is 5.91 Å². The number of hydrogen-bond donors (Lipinski definition) is 0. The topological polar surface area (TPSA) is 29.5 Å². The van der Waals surface area contributed by atoms with E-state index >= 15 is 0 Å². The van der Waals surface area contributed by atoms with Crippen LogP contribution in [-0.2, 0) is 4.79 Å². The number of likely N-dealkylation sites (N-methyl/N-ethyl adjacent to an activating group) is 1. The summed E-state index contributed by atoms with van der Waals surface area (Å²) in [6.07, 6.45) is -0.433. The monoisotopic (exact) mass is 207 g/mol. The van der Waals surface area contributed by atoms with Gasteiger partial charge in [0.25, 0.3) is 5.91 Å². The van der Waals surface area contributed by atoms with Crippen LogP contribution in [0.25, 0.3) is 0 Å². The van der Waals surface area contributed by atoms with Crippen LogP contribution in [0.15, 0.2) is 30.3 Å². The van der Waals surface area contributed by atoms with Crippen molar-refractivity contribution in [3.05, 3.63) is 30.3 Å². The van der Waals surface area contributed by atoms with E-state index in [1.165, 1.54) is 0 Å². The highest BCUT2D eigenvalue weighted by Gasteiger charge is 2.17. The summed E-state index contributed by atoms with van der Waals surface area (Å²) in [5, 5.41) is 0. The molecule has 15 heavy (non-hydrogen) atoms. The summed E-state index contributed by atoms with van der Waals surface area (Å²) in [6.45, 7) is 4.40. The number of carbonyl (C=O) groups excluding carboxylic acids is 1. The van der Waals surface area contributed by atoms with Crippen LogP contribution in [0.2, 0.25) is 0 Å². The molecule has 0 bridgehead atoms. The summed E-state index contributed by atoms with van der Waals surface area (Å²) >= 11 is 0. The minimum absolute atomic E-state index is 0.00125. The fraction of sp³-hybridized carbons (Fsp3) is 0.417. The Bertz CT molecular complexity index is 311.